The molecule has 0 aliphatic carbocycles. The molecule has 0 bridgehead atoms. The summed E-state index contributed by atoms with van der Waals surface area (Å²) in [6.07, 6.45) is 6.88. The summed E-state index contributed by atoms with van der Waals surface area (Å²) >= 11 is 0. The first-order valence-corrected chi connectivity index (χ1v) is 5.89. The Morgan fingerprint density at radius 2 is 1.79 bits per heavy atom. The van der Waals surface area contributed by atoms with Crippen molar-refractivity contribution in [3.8, 4) is 0 Å². The maximum absolute atomic E-state index is 11.2. The maximum Gasteiger partial charge on any atom is 0.308 e. The molecule has 1 atom stereocenters. The number of rotatable bonds is 8. The average molecular weight is 200 g/mol. The van der Waals surface area contributed by atoms with E-state index in [-0.39, 0.29) is 11.9 Å². The van der Waals surface area contributed by atoms with Crippen molar-refractivity contribution in [2.45, 2.75) is 59.3 Å². The normalized spacial score (nSPS) is 12.5. The second-order valence-corrected chi connectivity index (χ2v) is 3.89. The summed E-state index contributed by atoms with van der Waals surface area (Å²) < 4.78 is 5.14. The molecule has 0 saturated heterocycles. The van der Waals surface area contributed by atoms with Gasteiger partial charge in [0, 0.05) is 0 Å². The summed E-state index contributed by atoms with van der Waals surface area (Å²) in [6.45, 7) is 6.72. The molecule has 2 heteroatoms. The second-order valence-electron chi connectivity index (χ2n) is 3.89. The van der Waals surface area contributed by atoms with Crippen molar-refractivity contribution in [1.82, 2.24) is 0 Å². The lowest BCUT2D eigenvalue weighted by Gasteiger charge is -2.08. The van der Waals surface area contributed by atoms with Gasteiger partial charge in [0.1, 0.15) is 0 Å². The molecule has 0 unspecified atom stereocenters. The standard InChI is InChI=1S/C12H24O2/c1-4-6-7-8-9-10-14-12(13)11(3)5-2/h11H,4-10H2,1-3H3/t11-/m1/s1. The van der Waals surface area contributed by atoms with Crippen LogP contribution in [0, 0.1) is 5.92 Å². The van der Waals surface area contributed by atoms with Crippen LogP contribution >= 0.6 is 0 Å². The minimum absolute atomic E-state index is 0.0389. The molecule has 0 fully saturated rings. The highest BCUT2D eigenvalue weighted by molar-refractivity contribution is 5.71. The van der Waals surface area contributed by atoms with Gasteiger partial charge in [-0.25, -0.2) is 0 Å². The summed E-state index contributed by atoms with van der Waals surface area (Å²) in [6, 6.07) is 0. The van der Waals surface area contributed by atoms with E-state index in [9.17, 15) is 4.79 Å². The van der Waals surface area contributed by atoms with E-state index in [1.54, 1.807) is 0 Å². The number of hydrogen-bond donors (Lipinski definition) is 0. The molecule has 0 saturated carbocycles. The number of unbranched alkanes of at least 4 members (excludes halogenated alkanes) is 4. The van der Waals surface area contributed by atoms with Gasteiger partial charge in [-0.05, 0) is 12.8 Å². The summed E-state index contributed by atoms with van der Waals surface area (Å²) in [5.74, 6) is 0.0219. The first-order chi connectivity index (χ1) is 6.72. The van der Waals surface area contributed by atoms with Crippen LogP contribution in [0.5, 0.6) is 0 Å². The molecule has 84 valence electrons. The zero-order valence-corrected chi connectivity index (χ0v) is 9.84. The van der Waals surface area contributed by atoms with Gasteiger partial charge in [0.2, 0.25) is 0 Å². The monoisotopic (exact) mass is 200 g/mol. The first-order valence-electron chi connectivity index (χ1n) is 5.89. The lowest BCUT2D eigenvalue weighted by molar-refractivity contribution is -0.148. The van der Waals surface area contributed by atoms with Crippen molar-refractivity contribution < 1.29 is 9.53 Å². The molecule has 0 aliphatic heterocycles. The van der Waals surface area contributed by atoms with E-state index in [2.05, 4.69) is 6.92 Å². The molecule has 0 aliphatic rings. The van der Waals surface area contributed by atoms with E-state index in [4.69, 9.17) is 4.74 Å². The van der Waals surface area contributed by atoms with Crippen LogP contribution < -0.4 is 0 Å². The minimum atomic E-state index is -0.0389. The zero-order valence-electron chi connectivity index (χ0n) is 9.84. The van der Waals surface area contributed by atoms with Gasteiger partial charge in [-0.15, -0.1) is 0 Å². The molecule has 0 heterocycles. The fraction of sp³-hybridized carbons (Fsp3) is 0.917. The van der Waals surface area contributed by atoms with Gasteiger partial charge >= 0.3 is 5.97 Å². The van der Waals surface area contributed by atoms with Crippen LogP contribution in [-0.2, 0) is 9.53 Å². The summed E-state index contributed by atoms with van der Waals surface area (Å²) in [5.41, 5.74) is 0. The van der Waals surface area contributed by atoms with E-state index < -0.39 is 0 Å². The molecular weight excluding hydrogens is 176 g/mol. The van der Waals surface area contributed by atoms with Crippen molar-refractivity contribution in [2.75, 3.05) is 6.61 Å². The van der Waals surface area contributed by atoms with Gasteiger partial charge in [-0.2, -0.15) is 0 Å². The van der Waals surface area contributed by atoms with Crippen LogP contribution in [0.15, 0.2) is 0 Å². The van der Waals surface area contributed by atoms with E-state index in [1.165, 1.54) is 25.7 Å². The number of ether oxygens (including phenoxy) is 1. The molecule has 0 aromatic heterocycles. The smallest absolute Gasteiger partial charge is 0.308 e. The van der Waals surface area contributed by atoms with E-state index >= 15 is 0 Å². The Bertz CT molecular complexity index is 143. The molecule has 0 spiro atoms. The zero-order chi connectivity index (χ0) is 10.8. The predicted octanol–water partition coefficient (Wildman–Crippen LogP) is 3.55. The third-order valence-electron chi connectivity index (χ3n) is 2.51. The minimum Gasteiger partial charge on any atom is -0.465 e. The van der Waals surface area contributed by atoms with Crippen molar-refractivity contribution in [3.63, 3.8) is 0 Å². The van der Waals surface area contributed by atoms with Gasteiger partial charge in [0.15, 0.2) is 0 Å². The fourth-order valence-electron chi connectivity index (χ4n) is 1.19. The van der Waals surface area contributed by atoms with Crippen LogP contribution in [0.4, 0.5) is 0 Å². The molecular formula is C12H24O2. The Hall–Kier alpha value is -0.530. The Balaban J connectivity index is 3.23. The van der Waals surface area contributed by atoms with Crippen molar-refractivity contribution in [3.05, 3.63) is 0 Å². The number of carbonyl (C=O) groups is 1. The van der Waals surface area contributed by atoms with Crippen LogP contribution in [0.25, 0.3) is 0 Å². The molecule has 0 amide bonds. The number of esters is 1. The molecule has 0 radical (unpaired) electrons. The Morgan fingerprint density at radius 1 is 1.14 bits per heavy atom. The Labute approximate surface area is 88.0 Å². The first kappa shape index (κ1) is 13.5. The molecule has 0 aromatic rings. The topological polar surface area (TPSA) is 26.3 Å². The predicted molar refractivity (Wildman–Crippen MR) is 59.2 cm³/mol. The van der Waals surface area contributed by atoms with Gasteiger partial charge in [0.25, 0.3) is 0 Å². The summed E-state index contributed by atoms with van der Waals surface area (Å²) in [7, 11) is 0. The second kappa shape index (κ2) is 9.04. The van der Waals surface area contributed by atoms with Crippen LogP contribution in [-0.4, -0.2) is 12.6 Å². The van der Waals surface area contributed by atoms with E-state index in [0.717, 1.165) is 12.8 Å². The number of hydrogen-bond acceptors (Lipinski definition) is 2. The van der Waals surface area contributed by atoms with Crippen LogP contribution in [0.2, 0.25) is 0 Å². The summed E-state index contributed by atoms with van der Waals surface area (Å²) in [4.78, 5) is 11.2. The average Bonchev–Trinajstić information content (AvgIpc) is 2.21. The Kier molecular flexibility index (Phi) is 8.70. The molecule has 14 heavy (non-hydrogen) atoms. The fourth-order valence-corrected chi connectivity index (χ4v) is 1.19. The molecule has 0 aromatic carbocycles. The third-order valence-corrected chi connectivity index (χ3v) is 2.51. The third kappa shape index (κ3) is 6.93. The molecule has 0 rings (SSSR count). The van der Waals surface area contributed by atoms with Crippen LogP contribution in [0.1, 0.15) is 59.3 Å². The van der Waals surface area contributed by atoms with E-state index in [1.807, 2.05) is 13.8 Å². The van der Waals surface area contributed by atoms with Crippen molar-refractivity contribution >= 4 is 5.97 Å². The summed E-state index contributed by atoms with van der Waals surface area (Å²) in [5, 5.41) is 0. The van der Waals surface area contributed by atoms with E-state index in [0.29, 0.717) is 6.61 Å². The highest BCUT2D eigenvalue weighted by Gasteiger charge is 2.10. The lowest BCUT2D eigenvalue weighted by Crippen LogP contribution is -2.14. The Morgan fingerprint density at radius 3 is 2.36 bits per heavy atom. The van der Waals surface area contributed by atoms with Gasteiger partial charge < -0.3 is 4.74 Å². The molecule has 2 nitrogen and oxygen atoms in total. The highest BCUT2D eigenvalue weighted by atomic mass is 16.5. The lowest BCUT2D eigenvalue weighted by atomic mass is 10.1. The van der Waals surface area contributed by atoms with Crippen molar-refractivity contribution in [2.24, 2.45) is 5.92 Å². The highest BCUT2D eigenvalue weighted by Crippen LogP contribution is 2.06. The maximum atomic E-state index is 11.2. The largest absolute Gasteiger partial charge is 0.465 e. The van der Waals surface area contributed by atoms with Crippen molar-refractivity contribution in [1.29, 1.82) is 0 Å². The van der Waals surface area contributed by atoms with Gasteiger partial charge in [0.05, 0.1) is 12.5 Å². The van der Waals surface area contributed by atoms with Crippen LogP contribution in [0.3, 0.4) is 0 Å². The quantitative estimate of drug-likeness (QED) is 0.442. The number of carbonyl (C=O) groups excluding carboxylic acids is 1. The molecule has 0 N–H and O–H groups in total. The van der Waals surface area contributed by atoms with Gasteiger partial charge in [-0.3, -0.25) is 4.79 Å². The SMILES string of the molecule is CCCCCCCOC(=O)[C@H](C)CC. The van der Waals surface area contributed by atoms with Gasteiger partial charge in [-0.1, -0.05) is 46.5 Å².